The third-order valence-corrected chi connectivity index (χ3v) is 2.20. The highest BCUT2D eigenvalue weighted by Gasteiger charge is 2.19. The lowest BCUT2D eigenvalue weighted by Gasteiger charge is -2.19. The topological polar surface area (TPSA) is 84.7 Å². The van der Waals surface area contributed by atoms with Crippen LogP contribution in [0.1, 0.15) is 13.3 Å². The summed E-state index contributed by atoms with van der Waals surface area (Å²) in [4.78, 5) is 24.4. The molecule has 3 N–H and O–H groups in total. The molecule has 0 aliphatic carbocycles. The van der Waals surface area contributed by atoms with E-state index in [1.807, 2.05) is 0 Å². The predicted molar refractivity (Wildman–Crippen MR) is 60.8 cm³/mol. The number of rotatable bonds is 6. The molecule has 6 heteroatoms. The van der Waals surface area contributed by atoms with E-state index in [9.17, 15) is 9.59 Å². The smallest absolute Gasteiger partial charge is 0.244 e. The molecule has 0 bridgehead atoms. The quantitative estimate of drug-likeness (QED) is 0.610. The first kappa shape index (κ1) is 14.9. The maximum Gasteiger partial charge on any atom is 0.244 e. The van der Waals surface area contributed by atoms with Crippen molar-refractivity contribution >= 4 is 11.8 Å². The molecule has 0 saturated carbocycles. The molecule has 16 heavy (non-hydrogen) atoms. The van der Waals surface area contributed by atoms with Crippen molar-refractivity contribution in [1.29, 1.82) is 0 Å². The van der Waals surface area contributed by atoms with Crippen LogP contribution < -0.4 is 11.1 Å². The average Bonchev–Trinajstić information content (AvgIpc) is 2.24. The number of ether oxygens (including phenoxy) is 1. The van der Waals surface area contributed by atoms with Crippen molar-refractivity contribution in [3.8, 4) is 0 Å². The van der Waals surface area contributed by atoms with Gasteiger partial charge in [-0.2, -0.15) is 0 Å². The molecule has 0 aromatic heterocycles. The van der Waals surface area contributed by atoms with Gasteiger partial charge in [0.25, 0.3) is 0 Å². The van der Waals surface area contributed by atoms with Gasteiger partial charge >= 0.3 is 0 Å². The number of nitrogens with two attached hydrogens (primary N) is 1. The van der Waals surface area contributed by atoms with E-state index in [4.69, 9.17) is 10.5 Å². The molecular weight excluding hydrogens is 210 g/mol. The van der Waals surface area contributed by atoms with Crippen molar-refractivity contribution in [3.63, 3.8) is 0 Å². The third-order valence-electron chi connectivity index (χ3n) is 2.20. The Morgan fingerprint density at radius 3 is 2.38 bits per heavy atom. The van der Waals surface area contributed by atoms with Crippen LogP contribution in [-0.4, -0.2) is 56.6 Å². The Balaban J connectivity index is 4.09. The number of amides is 2. The summed E-state index contributed by atoms with van der Waals surface area (Å²) in [6.07, 6.45) is -0.139. The number of nitrogens with one attached hydrogen (secondary N) is 1. The number of hydrogen-bond acceptors (Lipinski definition) is 4. The fourth-order valence-electron chi connectivity index (χ4n) is 1.22. The lowest BCUT2D eigenvalue weighted by atomic mass is 10.2. The van der Waals surface area contributed by atoms with E-state index in [0.717, 1.165) is 0 Å². The molecule has 2 atom stereocenters. The monoisotopic (exact) mass is 231 g/mol. The van der Waals surface area contributed by atoms with Crippen LogP contribution in [0.4, 0.5) is 0 Å². The van der Waals surface area contributed by atoms with E-state index in [0.29, 0.717) is 0 Å². The fraction of sp³-hybridized carbons (Fsp3) is 0.800. The second-order valence-corrected chi connectivity index (χ2v) is 3.82. The van der Waals surface area contributed by atoms with Crippen LogP contribution >= 0.6 is 0 Å². The highest BCUT2D eigenvalue weighted by molar-refractivity contribution is 5.87. The summed E-state index contributed by atoms with van der Waals surface area (Å²) in [5.74, 6) is -0.380. The maximum absolute atomic E-state index is 11.5. The van der Waals surface area contributed by atoms with Crippen molar-refractivity contribution in [3.05, 3.63) is 0 Å². The van der Waals surface area contributed by atoms with Gasteiger partial charge in [0, 0.05) is 27.7 Å². The Hall–Kier alpha value is -1.14. The van der Waals surface area contributed by atoms with Crippen molar-refractivity contribution in [2.45, 2.75) is 25.5 Å². The summed E-state index contributed by atoms with van der Waals surface area (Å²) in [6.45, 7) is 1.92. The number of likely N-dealkylation sites (N-methyl/N-ethyl adjacent to an activating group) is 1. The fourth-order valence-corrected chi connectivity index (χ4v) is 1.22. The van der Waals surface area contributed by atoms with E-state index < -0.39 is 6.04 Å². The summed E-state index contributed by atoms with van der Waals surface area (Å²) in [5, 5.41) is 2.59. The number of carbonyl (C=O) groups excluding carboxylic acids is 2. The molecule has 0 aliphatic rings. The van der Waals surface area contributed by atoms with Gasteiger partial charge in [0.2, 0.25) is 11.8 Å². The van der Waals surface area contributed by atoms with Gasteiger partial charge in [-0.25, -0.2) is 0 Å². The second-order valence-electron chi connectivity index (χ2n) is 3.82. The number of hydrogen-bond donors (Lipinski definition) is 2. The predicted octanol–water partition coefficient (Wildman–Crippen LogP) is -1.06. The zero-order valence-electron chi connectivity index (χ0n) is 10.3. The Bertz CT molecular complexity index is 239. The molecule has 0 heterocycles. The highest BCUT2D eigenvalue weighted by Crippen LogP contribution is 1.96. The SMILES string of the molecule is COC(CN)CC(=O)NC(C)C(=O)N(C)C. The minimum atomic E-state index is -0.530. The molecule has 2 amide bonds. The molecule has 0 aromatic carbocycles. The molecule has 94 valence electrons. The Labute approximate surface area is 96.1 Å². The van der Waals surface area contributed by atoms with Gasteiger partial charge in [0.1, 0.15) is 6.04 Å². The van der Waals surface area contributed by atoms with E-state index >= 15 is 0 Å². The molecule has 6 nitrogen and oxygen atoms in total. The van der Waals surface area contributed by atoms with Crippen molar-refractivity contribution in [1.82, 2.24) is 10.2 Å². The summed E-state index contributed by atoms with van der Waals surface area (Å²) < 4.78 is 4.98. The van der Waals surface area contributed by atoms with E-state index in [-0.39, 0.29) is 30.9 Å². The Morgan fingerprint density at radius 2 is 2.00 bits per heavy atom. The van der Waals surface area contributed by atoms with Crippen molar-refractivity contribution < 1.29 is 14.3 Å². The number of methoxy groups -OCH3 is 1. The summed E-state index contributed by atoms with van der Waals surface area (Å²) in [6, 6.07) is -0.530. The molecule has 0 aromatic rings. The number of carbonyl (C=O) groups is 2. The van der Waals surface area contributed by atoms with Gasteiger partial charge in [0.15, 0.2) is 0 Å². The molecule has 0 radical (unpaired) electrons. The summed E-state index contributed by atoms with van der Waals surface area (Å²) in [5.41, 5.74) is 5.39. The van der Waals surface area contributed by atoms with Gasteiger partial charge in [-0.15, -0.1) is 0 Å². The first-order valence-corrected chi connectivity index (χ1v) is 5.15. The van der Waals surface area contributed by atoms with Gasteiger partial charge < -0.3 is 20.7 Å². The summed E-state index contributed by atoms with van der Waals surface area (Å²) >= 11 is 0. The molecule has 2 unspecified atom stereocenters. The largest absolute Gasteiger partial charge is 0.380 e. The van der Waals surface area contributed by atoms with Gasteiger partial charge in [-0.1, -0.05) is 0 Å². The zero-order valence-corrected chi connectivity index (χ0v) is 10.3. The standard InChI is InChI=1S/C10H21N3O3/c1-7(10(15)13(2)3)12-9(14)5-8(6-11)16-4/h7-8H,5-6,11H2,1-4H3,(H,12,14). The van der Waals surface area contributed by atoms with Crippen LogP contribution in [0.15, 0.2) is 0 Å². The molecule has 0 spiro atoms. The minimum absolute atomic E-state index is 0.143. The molecule has 0 aliphatic heterocycles. The van der Waals surface area contributed by atoms with Gasteiger partial charge in [-0.05, 0) is 6.92 Å². The van der Waals surface area contributed by atoms with Crippen LogP contribution in [0.5, 0.6) is 0 Å². The normalized spacial score (nSPS) is 14.1. The first-order chi connectivity index (χ1) is 7.42. The lowest BCUT2D eigenvalue weighted by Crippen LogP contribution is -2.45. The maximum atomic E-state index is 11.5. The molecular formula is C10H21N3O3. The van der Waals surface area contributed by atoms with Crippen LogP contribution in [0, 0.1) is 0 Å². The molecule has 0 rings (SSSR count). The third kappa shape index (κ3) is 5.09. The second kappa shape index (κ2) is 7.19. The average molecular weight is 231 g/mol. The summed E-state index contributed by atoms with van der Waals surface area (Å²) in [7, 11) is 4.78. The van der Waals surface area contributed by atoms with Crippen LogP contribution in [0.2, 0.25) is 0 Å². The Kier molecular flexibility index (Phi) is 6.67. The van der Waals surface area contributed by atoms with E-state index in [1.54, 1.807) is 21.0 Å². The van der Waals surface area contributed by atoms with Crippen molar-refractivity contribution in [2.75, 3.05) is 27.7 Å². The van der Waals surface area contributed by atoms with E-state index in [1.165, 1.54) is 12.0 Å². The zero-order chi connectivity index (χ0) is 12.7. The van der Waals surface area contributed by atoms with E-state index in [2.05, 4.69) is 5.32 Å². The number of nitrogens with zero attached hydrogens (tertiary/aromatic N) is 1. The van der Waals surface area contributed by atoms with Gasteiger partial charge in [-0.3, -0.25) is 9.59 Å². The van der Waals surface area contributed by atoms with Crippen LogP contribution in [-0.2, 0) is 14.3 Å². The molecule has 0 saturated heterocycles. The lowest BCUT2D eigenvalue weighted by molar-refractivity contribution is -0.134. The minimum Gasteiger partial charge on any atom is -0.380 e. The van der Waals surface area contributed by atoms with Crippen molar-refractivity contribution in [2.24, 2.45) is 5.73 Å². The molecule has 0 fully saturated rings. The van der Waals surface area contributed by atoms with Gasteiger partial charge in [0.05, 0.1) is 12.5 Å². The first-order valence-electron chi connectivity index (χ1n) is 5.15. The Morgan fingerprint density at radius 1 is 1.44 bits per heavy atom. The highest BCUT2D eigenvalue weighted by atomic mass is 16.5. The van der Waals surface area contributed by atoms with Crippen LogP contribution in [0.3, 0.4) is 0 Å². The van der Waals surface area contributed by atoms with Crippen LogP contribution in [0.25, 0.3) is 0 Å².